The summed E-state index contributed by atoms with van der Waals surface area (Å²) in [5, 5.41) is 8.70. The number of hydrogen-bond donors (Lipinski definition) is 1. The number of halogens is 1. The second-order valence-electron chi connectivity index (χ2n) is 5.72. The van der Waals surface area contributed by atoms with Crippen molar-refractivity contribution in [2.45, 2.75) is 52.6 Å². The van der Waals surface area contributed by atoms with E-state index in [4.69, 9.17) is 11.6 Å². The van der Waals surface area contributed by atoms with Crippen molar-refractivity contribution >= 4 is 11.6 Å². The molecule has 1 aliphatic rings. The molecule has 0 aliphatic heterocycles. The minimum Gasteiger partial charge on any atom is -0.310 e. The molecule has 5 heteroatoms. The fourth-order valence-corrected chi connectivity index (χ4v) is 2.93. The Labute approximate surface area is 130 Å². The van der Waals surface area contributed by atoms with E-state index in [-0.39, 0.29) is 0 Å². The lowest BCUT2D eigenvalue weighted by molar-refractivity contribution is 0.684. The highest BCUT2D eigenvalue weighted by Crippen LogP contribution is 2.24. The molecule has 112 valence electrons. The third-order valence-corrected chi connectivity index (χ3v) is 4.32. The summed E-state index contributed by atoms with van der Waals surface area (Å²) in [7, 11) is 0. The molecule has 0 saturated heterocycles. The van der Waals surface area contributed by atoms with Gasteiger partial charge in [-0.05, 0) is 50.3 Å². The molecule has 0 aromatic carbocycles. The molecule has 0 amide bonds. The Bertz CT molecular complexity index is 659. The minimum atomic E-state index is 0.651. The first kappa shape index (κ1) is 14.5. The van der Waals surface area contributed by atoms with E-state index in [0.717, 1.165) is 29.9 Å². The molecule has 1 fully saturated rings. The van der Waals surface area contributed by atoms with Gasteiger partial charge in [0.2, 0.25) is 0 Å². The largest absolute Gasteiger partial charge is 0.310 e. The highest BCUT2D eigenvalue weighted by Gasteiger charge is 2.20. The number of rotatable bonds is 5. The van der Waals surface area contributed by atoms with Crippen LogP contribution >= 0.6 is 11.6 Å². The van der Waals surface area contributed by atoms with Gasteiger partial charge in [-0.1, -0.05) is 18.5 Å². The average Bonchev–Trinajstić information content (AvgIpc) is 3.23. The first-order valence-corrected chi connectivity index (χ1v) is 7.91. The Kier molecular flexibility index (Phi) is 4.00. The molecule has 0 atom stereocenters. The number of nitrogens with one attached hydrogen (secondary N) is 1. The first-order chi connectivity index (χ1) is 10.1. The summed E-state index contributed by atoms with van der Waals surface area (Å²) in [4.78, 5) is 4.52. The third-order valence-electron chi connectivity index (χ3n) is 4.05. The van der Waals surface area contributed by atoms with E-state index < -0.39 is 0 Å². The van der Waals surface area contributed by atoms with Crippen molar-refractivity contribution in [3.05, 3.63) is 39.8 Å². The van der Waals surface area contributed by atoms with Crippen LogP contribution in [-0.4, -0.2) is 20.8 Å². The second kappa shape index (κ2) is 5.78. The second-order valence-corrected chi connectivity index (χ2v) is 6.13. The van der Waals surface area contributed by atoms with Crippen LogP contribution in [0.5, 0.6) is 0 Å². The van der Waals surface area contributed by atoms with Crippen molar-refractivity contribution in [3.63, 3.8) is 0 Å². The summed E-state index contributed by atoms with van der Waals surface area (Å²) in [6.07, 6.45) is 5.42. The Morgan fingerprint density at radius 1 is 1.38 bits per heavy atom. The smallest absolute Gasteiger partial charge is 0.172 e. The molecule has 0 unspecified atom stereocenters. The highest BCUT2D eigenvalue weighted by molar-refractivity contribution is 6.32. The topological polar surface area (TPSA) is 42.7 Å². The minimum absolute atomic E-state index is 0.651. The van der Waals surface area contributed by atoms with Gasteiger partial charge in [0.15, 0.2) is 5.82 Å². The van der Waals surface area contributed by atoms with Crippen LogP contribution in [-0.2, 0) is 13.0 Å². The Balaban J connectivity index is 1.88. The van der Waals surface area contributed by atoms with E-state index in [1.165, 1.54) is 18.4 Å². The maximum atomic E-state index is 6.42. The zero-order chi connectivity index (χ0) is 15.0. The average molecular weight is 305 g/mol. The lowest BCUT2D eigenvalue weighted by Crippen LogP contribution is -2.15. The number of aromatic nitrogens is 3. The van der Waals surface area contributed by atoms with E-state index in [0.29, 0.717) is 16.9 Å². The molecule has 2 aromatic heterocycles. The molecular weight excluding hydrogens is 284 g/mol. The molecule has 3 rings (SSSR count). The molecule has 0 radical (unpaired) electrons. The van der Waals surface area contributed by atoms with Gasteiger partial charge in [-0.3, -0.25) is 0 Å². The predicted octanol–water partition coefficient (Wildman–Crippen LogP) is 3.35. The van der Waals surface area contributed by atoms with Gasteiger partial charge >= 0.3 is 0 Å². The quantitative estimate of drug-likeness (QED) is 0.921. The lowest BCUT2D eigenvalue weighted by Gasteiger charge is -2.09. The number of hydrogen-bond acceptors (Lipinski definition) is 3. The zero-order valence-corrected chi connectivity index (χ0v) is 13.5. The Morgan fingerprint density at radius 3 is 2.71 bits per heavy atom. The van der Waals surface area contributed by atoms with Gasteiger partial charge < -0.3 is 5.32 Å². The maximum absolute atomic E-state index is 6.42. The highest BCUT2D eigenvalue weighted by atomic mass is 35.5. The lowest BCUT2D eigenvalue weighted by atomic mass is 10.1. The number of aryl methyl sites for hydroxylation is 1. The van der Waals surface area contributed by atoms with Crippen LogP contribution in [0.3, 0.4) is 0 Å². The van der Waals surface area contributed by atoms with Crippen molar-refractivity contribution in [1.29, 1.82) is 0 Å². The van der Waals surface area contributed by atoms with Crippen molar-refractivity contribution in [2.24, 2.45) is 0 Å². The maximum Gasteiger partial charge on any atom is 0.172 e. The van der Waals surface area contributed by atoms with E-state index in [1.54, 1.807) is 0 Å². The van der Waals surface area contributed by atoms with E-state index in [9.17, 15) is 0 Å². The van der Waals surface area contributed by atoms with Gasteiger partial charge in [0, 0.05) is 24.5 Å². The molecule has 21 heavy (non-hydrogen) atoms. The Morgan fingerprint density at radius 2 is 2.14 bits per heavy atom. The van der Waals surface area contributed by atoms with Crippen molar-refractivity contribution in [3.8, 4) is 5.82 Å². The van der Waals surface area contributed by atoms with Crippen molar-refractivity contribution < 1.29 is 0 Å². The summed E-state index contributed by atoms with van der Waals surface area (Å²) in [5.41, 5.74) is 4.56. The van der Waals surface area contributed by atoms with E-state index in [1.807, 2.05) is 23.9 Å². The molecule has 1 N–H and O–H groups in total. The summed E-state index contributed by atoms with van der Waals surface area (Å²) in [6.45, 7) is 7.07. The summed E-state index contributed by atoms with van der Waals surface area (Å²) >= 11 is 6.42. The molecule has 1 saturated carbocycles. The fraction of sp³-hybridized carbons (Fsp3) is 0.500. The van der Waals surface area contributed by atoms with Gasteiger partial charge in [0.05, 0.1) is 10.7 Å². The van der Waals surface area contributed by atoms with Gasteiger partial charge in [-0.25, -0.2) is 9.67 Å². The van der Waals surface area contributed by atoms with E-state index >= 15 is 0 Å². The normalized spacial score (nSPS) is 14.7. The third kappa shape index (κ3) is 2.97. The van der Waals surface area contributed by atoms with Gasteiger partial charge in [0.25, 0.3) is 0 Å². The van der Waals surface area contributed by atoms with Crippen LogP contribution in [0.1, 0.15) is 42.3 Å². The monoisotopic (exact) mass is 304 g/mol. The van der Waals surface area contributed by atoms with E-state index in [2.05, 4.69) is 29.2 Å². The molecule has 2 heterocycles. The van der Waals surface area contributed by atoms with Crippen LogP contribution in [0.2, 0.25) is 5.02 Å². The standard InChI is InChI=1S/C16H21ClN4/c1-4-14-10(2)20-21(11(14)3)16-15(17)7-12(9-19-16)8-18-13-5-6-13/h7,9,13,18H,4-6,8H2,1-3H3. The van der Waals surface area contributed by atoms with Crippen LogP contribution in [0, 0.1) is 13.8 Å². The summed E-state index contributed by atoms with van der Waals surface area (Å²) in [5.74, 6) is 0.715. The molecule has 0 spiro atoms. The first-order valence-electron chi connectivity index (χ1n) is 7.53. The predicted molar refractivity (Wildman–Crippen MR) is 85.1 cm³/mol. The van der Waals surface area contributed by atoms with Gasteiger partial charge in [-0.2, -0.15) is 5.10 Å². The zero-order valence-electron chi connectivity index (χ0n) is 12.8. The SMILES string of the molecule is CCc1c(C)nn(-c2ncc(CNC3CC3)cc2Cl)c1C. The summed E-state index contributed by atoms with van der Waals surface area (Å²) in [6, 6.07) is 2.67. The fourth-order valence-electron chi connectivity index (χ4n) is 2.67. The number of nitrogens with zero attached hydrogens (tertiary/aromatic N) is 3. The molecular formula is C16H21ClN4. The van der Waals surface area contributed by atoms with Gasteiger partial charge in [0.1, 0.15) is 0 Å². The molecule has 0 bridgehead atoms. The van der Waals surface area contributed by atoms with Crippen molar-refractivity contribution in [1.82, 2.24) is 20.1 Å². The van der Waals surface area contributed by atoms with Crippen molar-refractivity contribution in [2.75, 3.05) is 0 Å². The molecule has 2 aromatic rings. The van der Waals surface area contributed by atoms with Crippen LogP contribution < -0.4 is 5.32 Å². The van der Waals surface area contributed by atoms with Crippen LogP contribution in [0.25, 0.3) is 5.82 Å². The number of pyridine rings is 1. The van der Waals surface area contributed by atoms with Gasteiger partial charge in [-0.15, -0.1) is 0 Å². The van der Waals surface area contributed by atoms with Crippen LogP contribution in [0.15, 0.2) is 12.3 Å². The summed E-state index contributed by atoms with van der Waals surface area (Å²) < 4.78 is 1.86. The molecule has 1 aliphatic carbocycles. The van der Waals surface area contributed by atoms with Crippen LogP contribution in [0.4, 0.5) is 0 Å². The Hall–Kier alpha value is -1.39. The molecule has 4 nitrogen and oxygen atoms in total.